The SMILES string of the molecule is CN=C(NCC(C)(C)c1cccs1)NC1CCOc2ccccc21.I. The molecule has 0 radical (unpaired) electrons. The summed E-state index contributed by atoms with van der Waals surface area (Å²) < 4.78 is 5.73. The Hall–Kier alpha value is -1.28. The summed E-state index contributed by atoms with van der Waals surface area (Å²) in [7, 11) is 1.82. The minimum Gasteiger partial charge on any atom is -0.493 e. The van der Waals surface area contributed by atoms with E-state index >= 15 is 0 Å². The van der Waals surface area contributed by atoms with Crippen LogP contribution in [0.5, 0.6) is 5.75 Å². The van der Waals surface area contributed by atoms with Gasteiger partial charge >= 0.3 is 0 Å². The van der Waals surface area contributed by atoms with E-state index in [2.05, 4.69) is 59.1 Å². The first-order valence-corrected chi connectivity index (χ1v) is 9.21. The van der Waals surface area contributed by atoms with Crippen LogP contribution in [0.3, 0.4) is 0 Å². The number of hydrogen-bond acceptors (Lipinski definition) is 3. The highest BCUT2D eigenvalue weighted by Crippen LogP contribution is 2.31. The number of hydrogen-bond donors (Lipinski definition) is 2. The Labute approximate surface area is 171 Å². The van der Waals surface area contributed by atoms with Crippen molar-refractivity contribution in [3.8, 4) is 5.75 Å². The number of halogens is 1. The topological polar surface area (TPSA) is 45.7 Å². The van der Waals surface area contributed by atoms with Crippen LogP contribution in [0.1, 0.15) is 36.8 Å². The number of guanidine groups is 1. The van der Waals surface area contributed by atoms with Crippen LogP contribution in [-0.2, 0) is 5.41 Å². The van der Waals surface area contributed by atoms with Gasteiger partial charge in [-0.2, -0.15) is 0 Å². The van der Waals surface area contributed by atoms with Crippen molar-refractivity contribution >= 4 is 41.3 Å². The van der Waals surface area contributed by atoms with E-state index in [0.717, 1.165) is 31.3 Å². The van der Waals surface area contributed by atoms with Crippen molar-refractivity contribution in [3.63, 3.8) is 0 Å². The Morgan fingerprint density at radius 1 is 1.28 bits per heavy atom. The van der Waals surface area contributed by atoms with Crippen LogP contribution in [0.15, 0.2) is 46.8 Å². The van der Waals surface area contributed by atoms with Crippen molar-refractivity contribution in [2.45, 2.75) is 31.7 Å². The van der Waals surface area contributed by atoms with Crippen LogP contribution in [0.25, 0.3) is 0 Å². The Bertz CT molecular complexity index is 700. The van der Waals surface area contributed by atoms with Gasteiger partial charge in [0.2, 0.25) is 0 Å². The molecule has 6 heteroatoms. The number of rotatable bonds is 4. The van der Waals surface area contributed by atoms with Crippen LogP contribution >= 0.6 is 35.3 Å². The lowest BCUT2D eigenvalue weighted by molar-refractivity contribution is 0.261. The zero-order chi connectivity index (χ0) is 17.0. The van der Waals surface area contributed by atoms with E-state index < -0.39 is 0 Å². The summed E-state index contributed by atoms with van der Waals surface area (Å²) >= 11 is 1.80. The highest BCUT2D eigenvalue weighted by molar-refractivity contribution is 14.0. The Morgan fingerprint density at radius 3 is 2.80 bits per heavy atom. The van der Waals surface area contributed by atoms with E-state index in [1.54, 1.807) is 11.3 Å². The normalized spacial score (nSPS) is 17.1. The molecule has 0 bridgehead atoms. The molecule has 4 nitrogen and oxygen atoms in total. The summed E-state index contributed by atoms with van der Waals surface area (Å²) in [5.74, 6) is 1.80. The fourth-order valence-corrected chi connectivity index (χ4v) is 3.76. The van der Waals surface area contributed by atoms with Crippen LogP contribution in [0.4, 0.5) is 0 Å². The largest absolute Gasteiger partial charge is 0.493 e. The lowest BCUT2D eigenvalue weighted by Gasteiger charge is -2.30. The number of fused-ring (bicyclic) bond motifs is 1. The van der Waals surface area contributed by atoms with Gasteiger partial charge in [-0.3, -0.25) is 4.99 Å². The summed E-state index contributed by atoms with van der Waals surface area (Å²) in [4.78, 5) is 5.77. The van der Waals surface area contributed by atoms with Gasteiger partial charge in [-0.05, 0) is 17.5 Å². The number of aliphatic imine (C=N–C) groups is 1. The molecule has 2 N–H and O–H groups in total. The van der Waals surface area contributed by atoms with Crippen molar-refractivity contribution in [2.75, 3.05) is 20.2 Å². The molecule has 136 valence electrons. The number of benzene rings is 1. The summed E-state index contributed by atoms with van der Waals surface area (Å²) in [5, 5.41) is 9.15. The van der Waals surface area contributed by atoms with Gasteiger partial charge < -0.3 is 15.4 Å². The van der Waals surface area contributed by atoms with Gasteiger partial charge in [0, 0.05) is 35.9 Å². The predicted molar refractivity (Wildman–Crippen MR) is 117 cm³/mol. The first kappa shape index (κ1) is 20.0. The van der Waals surface area contributed by atoms with Gasteiger partial charge in [0.25, 0.3) is 0 Å². The monoisotopic (exact) mass is 471 g/mol. The minimum absolute atomic E-state index is 0. The van der Waals surface area contributed by atoms with E-state index in [-0.39, 0.29) is 35.4 Å². The second-order valence-corrected chi connectivity index (χ2v) is 7.61. The van der Waals surface area contributed by atoms with Crippen molar-refractivity contribution in [3.05, 3.63) is 52.2 Å². The Balaban J connectivity index is 0.00000225. The molecule has 1 unspecified atom stereocenters. The molecule has 1 aliphatic heterocycles. The average Bonchev–Trinajstić information content (AvgIpc) is 3.14. The maximum atomic E-state index is 5.73. The van der Waals surface area contributed by atoms with Crippen molar-refractivity contribution in [1.82, 2.24) is 10.6 Å². The molecule has 2 aromatic rings. The molecular weight excluding hydrogens is 445 g/mol. The van der Waals surface area contributed by atoms with E-state index in [9.17, 15) is 0 Å². The fraction of sp³-hybridized carbons (Fsp3) is 0.421. The molecule has 25 heavy (non-hydrogen) atoms. The van der Waals surface area contributed by atoms with Crippen molar-refractivity contribution in [1.29, 1.82) is 0 Å². The molecule has 2 heterocycles. The van der Waals surface area contributed by atoms with Crippen LogP contribution in [0, 0.1) is 0 Å². The zero-order valence-electron chi connectivity index (χ0n) is 14.9. The minimum atomic E-state index is 0. The Kier molecular flexibility index (Phi) is 7.13. The van der Waals surface area contributed by atoms with Gasteiger partial charge in [0.1, 0.15) is 5.75 Å². The van der Waals surface area contributed by atoms with E-state index in [1.165, 1.54) is 10.4 Å². The molecule has 3 rings (SSSR count). The highest BCUT2D eigenvalue weighted by Gasteiger charge is 2.24. The lowest BCUT2D eigenvalue weighted by Crippen LogP contribution is -2.45. The van der Waals surface area contributed by atoms with Crippen LogP contribution in [0.2, 0.25) is 0 Å². The molecule has 1 aliphatic rings. The van der Waals surface area contributed by atoms with Crippen LogP contribution < -0.4 is 15.4 Å². The lowest BCUT2D eigenvalue weighted by atomic mass is 9.91. The summed E-state index contributed by atoms with van der Waals surface area (Å²) in [6, 6.07) is 12.7. The average molecular weight is 471 g/mol. The first-order valence-electron chi connectivity index (χ1n) is 8.33. The van der Waals surface area contributed by atoms with E-state index in [0.29, 0.717) is 0 Å². The maximum Gasteiger partial charge on any atom is 0.191 e. The fourth-order valence-electron chi connectivity index (χ4n) is 2.91. The number of para-hydroxylation sites is 1. The first-order chi connectivity index (χ1) is 11.6. The van der Waals surface area contributed by atoms with Crippen molar-refractivity contribution in [2.24, 2.45) is 4.99 Å². The molecule has 0 spiro atoms. The molecule has 1 aromatic heterocycles. The van der Waals surface area contributed by atoms with Crippen LogP contribution in [-0.4, -0.2) is 26.2 Å². The second-order valence-electron chi connectivity index (χ2n) is 6.66. The third kappa shape index (κ3) is 4.88. The molecule has 0 aliphatic carbocycles. The molecule has 0 amide bonds. The predicted octanol–water partition coefficient (Wildman–Crippen LogP) is 4.33. The molecule has 0 saturated heterocycles. The number of nitrogens with one attached hydrogen (secondary N) is 2. The zero-order valence-corrected chi connectivity index (χ0v) is 18.1. The Morgan fingerprint density at radius 2 is 2.08 bits per heavy atom. The number of ether oxygens (including phenoxy) is 1. The van der Waals surface area contributed by atoms with Gasteiger partial charge in [-0.1, -0.05) is 38.1 Å². The molecule has 1 aromatic carbocycles. The van der Waals surface area contributed by atoms with E-state index in [4.69, 9.17) is 4.74 Å². The standard InChI is InChI=1S/C19H25N3OS.HI/c1-19(2,17-9-6-12-24-17)13-21-18(20-3)22-15-10-11-23-16-8-5-4-7-14(15)16;/h4-9,12,15H,10-11,13H2,1-3H3,(H2,20,21,22);1H. The van der Waals surface area contributed by atoms with Gasteiger partial charge in [0.15, 0.2) is 5.96 Å². The summed E-state index contributed by atoms with van der Waals surface area (Å²) in [5.41, 5.74) is 1.27. The smallest absolute Gasteiger partial charge is 0.191 e. The summed E-state index contributed by atoms with van der Waals surface area (Å²) in [6.07, 6.45) is 0.937. The van der Waals surface area contributed by atoms with Gasteiger partial charge in [0.05, 0.1) is 12.6 Å². The molecule has 0 fully saturated rings. The summed E-state index contributed by atoms with van der Waals surface area (Å²) in [6.45, 7) is 6.07. The molecule has 1 atom stereocenters. The third-order valence-electron chi connectivity index (χ3n) is 4.38. The number of nitrogens with zero attached hydrogens (tertiary/aromatic N) is 1. The maximum absolute atomic E-state index is 5.73. The second kappa shape index (κ2) is 8.89. The quantitative estimate of drug-likeness (QED) is 0.397. The number of thiophene rings is 1. The van der Waals surface area contributed by atoms with Crippen molar-refractivity contribution < 1.29 is 4.74 Å². The molecular formula is C19H26IN3OS. The highest BCUT2D eigenvalue weighted by atomic mass is 127. The molecule has 0 saturated carbocycles. The van der Waals surface area contributed by atoms with Gasteiger partial charge in [-0.15, -0.1) is 35.3 Å². The third-order valence-corrected chi connectivity index (χ3v) is 5.61. The van der Waals surface area contributed by atoms with Gasteiger partial charge in [-0.25, -0.2) is 0 Å². The van der Waals surface area contributed by atoms with E-state index in [1.807, 2.05) is 19.2 Å².